The standard InChI is InChI=1S/C10H21NO/c1-8(2)11(4)7-9(3)12-10-5-6-10/h8-10H,5-7H2,1-4H3/t9-/m0/s1. The summed E-state index contributed by atoms with van der Waals surface area (Å²) < 4.78 is 5.74. The first-order valence-corrected chi connectivity index (χ1v) is 4.95. The van der Waals surface area contributed by atoms with E-state index in [1.54, 1.807) is 0 Å². The summed E-state index contributed by atoms with van der Waals surface area (Å²) in [6.45, 7) is 7.64. The molecule has 0 aliphatic heterocycles. The average Bonchev–Trinajstić information content (AvgIpc) is 2.71. The third-order valence-electron chi connectivity index (χ3n) is 2.38. The van der Waals surface area contributed by atoms with Crippen LogP contribution in [0.3, 0.4) is 0 Å². The van der Waals surface area contributed by atoms with E-state index in [9.17, 15) is 0 Å². The smallest absolute Gasteiger partial charge is 0.0677 e. The van der Waals surface area contributed by atoms with Crippen LogP contribution in [-0.4, -0.2) is 36.7 Å². The predicted octanol–water partition coefficient (Wildman–Crippen LogP) is 1.89. The molecule has 12 heavy (non-hydrogen) atoms. The maximum Gasteiger partial charge on any atom is 0.0677 e. The number of likely N-dealkylation sites (N-methyl/N-ethyl adjacent to an activating group) is 1. The summed E-state index contributed by atoms with van der Waals surface area (Å²) in [6.07, 6.45) is 3.52. The average molecular weight is 171 g/mol. The molecule has 1 aliphatic carbocycles. The lowest BCUT2D eigenvalue weighted by molar-refractivity contribution is 0.0261. The van der Waals surface area contributed by atoms with Gasteiger partial charge in [-0.05, 0) is 40.7 Å². The van der Waals surface area contributed by atoms with Gasteiger partial charge in [0.1, 0.15) is 0 Å². The van der Waals surface area contributed by atoms with Gasteiger partial charge in [-0.2, -0.15) is 0 Å². The van der Waals surface area contributed by atoms with Crippen LogP contribution in [-0.2, 0) is 4.74 Å². The molecule has 1 aliphatic rings. The fourth-order valence-corrected chi connectivity index (χ4v) is 1.19. The van der Waals surface area contributed by atoms with Crippen molar-refractivity contribution >= 4 is 0 Å². The molecule has 0 heterocycles. The Morgan fingerprint density at radius 2 is 1.92 bits per heavy atom. The highest BCUT2D eigenvalue weighted by atomic mass is 16.5. The van der Waals surface area contributed by atoms with Gasteiger partial charge in [-0.3, -0.25) is 0 Å². The minimum atomic E-state index is 0.393. The quantitative estimate of drug-likeness (QED) is 0.626. The van der Waals surface area contributed by atoms with Crippen molar-refractivity contribution in [3.8, 4) is 0 Å². The molecule has 72 valence electrons. The van der Waals surface area contributed by atoms with Crippen LogP contribution in [0.1, 0.15) is 33.6 Å². The van der Waals surface area contributed by atoms with E-state index in [0.717, 1.165) is 6.54 Å². The van der Waals surface area contributed by atoms with Gasteiger partial charge in [0.05, 0.1) is 12.2 Å². The zero-order valence-corrected chi connectivity index (χ0v) is 8.71. The molecule has 0 aromatic heterocycles. The van der Waals surface area contributed by atoms with Crippen LogP contribution in [0.25, 0.3) is 0 Å². The highest BCUT2D eigenvalue weighted by molar-refractivity contribution is 4.75. The van der Waals surface area contributed by atoms with Crippen LogP contribution in [0, 0.1) is 0 Å². The Morgan fingerprint density at radius 3 is 2.33 bits per heavy atom. The van der Waals surface area contributed by atoms with Crippen LogP contribution < -0.4 is 0 Å². The van der Waals surface area contributed by atoms with E-state index in [1.807, 2.05) is 0 Å². The molecule has 1 saturated carbocycles. The van der Waals surface area contributed by atoms with E-state index in [0.29, 0.717) is 18.2 Å². The number of ether oxygens (including phenoxy) is 1. The first kappa shape index (κ1) is 10.0. The van der Waals surface area contributed by atoms with Crippen molar-refractivity contribution < 1.29 is 4.74 Å². The van der Waals surface area contributed by atoms with E-state index in [1.165, 1.54) is 12.8 Å². The Bertz CT molecular complexity index is 132. The van der Waals surface area contributed by atoms with Crippen LogP contribution in [0.15, 0.2) is 0 Å². The molecule has 0 aromatic rings. The van der Waals surface area contributed by atoms with Gasteiger partial charge in [-0.15, -0.1) is 0 Å². The summed E-state index contributed by atoms with van der Waals surface area (Å²) in [5, 5.41) is 0. The van der Waals surface area contributed by atoms with Crippen LogP contribution >= 0.6 is 0 Å². The van der Waals surface area contributed by atoms with Gasteiger partial charge in [-0.1, -0.05) is 0 Å². The predicted molar refractivity (Wildman–Crippen MR) is 51.3 cm³/mol. The zero-order chi connectivity index (χ0) is 9.14. The molecular weight excluding hydrogens is 150 g/mol. The van der Waals surface area contributed by atoms with E-state index >= 15 is 0 Å². The first-order valence-electron chi connectivity index (χ1n) is 4.95. The van der Waals surface area contributed by atoms with Gasteiger partial charge < -0.3 is 9.64 Å². The van der Waals surface area contributed by atoms with E-state index in [2.05, 4.69) is 32.7 Å². The Balaban J connectivity index is 2.10. The third-order valence-corrected chi connectivity index (χ3v) is 2.38. The highest BCUT2D eigenvalue weighted by Gasteiger charge is 2.24. The Hall–Kier alpha value is -0.0800. The van der Waals surface area contributed by atoms with Crippen molar-refractivity contribution in [3.63, 3.8) is 0 Å². The minimum absolute atomic E-state index is 0.393. The van der Waals surface area contributed by atoms with Gasteiger partial charge in [0.25, 0.3) is 0 Å². The number of hydrogen-bond donors (Lipinski definition) is 0. The van der Waals surface area contributed by atoms with Crippen LogP contribution in [0.2, 0.25) is 0 Å². The zero-order valence-electron chi connectivity index (χ0n) is 8.71. The molecule has 1 fully saturated rings. The third kappa shape index (κ3) is 3.55. The molecule has 0 saturated heterocycles. The second kappa shape index (κ2) is 4.24. The van der Waals surface area contributed by atoms with Crippen molar-refractivity contribution in [2.24, 2.45) is 0 Å². The van der Waals surface area contributed by atoms with E-state index in [-0.39, 0.29) is 0 Å². The molecule has 2 nitrogen and oxygen atoms in total. The summed E-state index contributed by atoms with van der Waals surface area (Å²) >= 11 is 0. The largest absolute Gasteiger partial charge is 0.374 e. The summed E-state index contributed by atoms with van der Waals surface area (Å²) in [7, 11) is 2.15. The molecule has 0 bridgehead atoms. The van der Waals surface area contributed by atoms with E-state index < -0.39 is 0 Å². The lowest BCUT2D eigenvalue weighted by atomic mass is 10.3. The van der Waals surface area contributed by atoms with Crippen LogP contribution in [0.5, 0.6) is 0 Å². The lowest BCUT2D eigenvalue weighted by Gasteiger charge is -2.24. The molecule has 1 atom stereocenters. The first-order chi connectivity index (χ1) is 5.59. The van der Waals surface area contributed by atoms with Crippen molar-refractivity contribution in [3.05, 3.63) is 0 Å². The van der Waals surface area contributed by atoms with E-state index in [4.69, 9.17) is 4.74 Å². The van der Waals surface area contributed by atoms with Gasteiger partial charge in [0, 0.05) is 12.6 Å². The van der Waals surface area contributed by atoms with Crippen LogP contribution in [0.4, 0.5) is 0 Å². The molecule has 2 heteroatoms. The van der Waals surface area contributed by atoms with Gasteiger partial charge in [0.2, 0.25) is 0 Å². The monoisotopic (exact) mass is 171 g/mol. The van der Waals surface area contributed by atoms with Crippen molar-refractivity contribution in [2.45, 2.75) is 51.9 Å². The second-order valence-electron chi connectivity index (χ2n) is 4.18. The highest BCUT2D eigenvalue weighted by Crippen LogP contribution is 2.25. The van der Waals surface area contributed by atoms with Crippen molar-refractivity contribution in [1.82, 2.24) is 4.90 Å². The van der Waals surface area contributed by atoms with Gasteiger partial charge in [0.15, 0.2) is 0 Å². The summed E-state index contributed by atoms with van der Waals surface area (Å²) in [5.41, 5.74) is 0. The number of hydrogen-bond acceptors (Lipinski definition) is 2. The van der Waals surface area contributed by atoms with Gasteiger partial charge in [-0.25, -0.2) is 0 Å². The summed E-state index contributed by atoms with van der Waals surface area (Å²) in [4.78, 5) is 2.33. The maximum atomic E-state index is 5.74. The topological polar surface area (TPSA) is 12.5 Å². The molecule has 0 radical (unpaired) electrons. The fraction of sp³-hybridized carbons (Fsp3) is 1.00. The minimum Gasteiger partial charge on any atom is -0.374 e. The normalized spacial score (nSPS) is 20.5. The Kier molecular flexibility index (Phi) is 3.53. The van der Waals surface area contributed by atoms with Crippen molar-refractivity contribution in [2.75, 3.05) is 13.6 Å². The molecule has 0 spiro atoms. The SMILES string of the molecule is CC(C)N(C)C[C@H](C)OC1CC1. The maximum absolute atomic E-state index is 5.74. The van der Waals surface area contributed by atoms with Gasteiger partial charge >= 0.3 is 0 Å². The molecule has 0 unspecified atom stereocenters. The Labute approximate surface area is 75.9 Å². The van der Waals surface area contributed by atoms with Crippen molar-refractivity contribution in [1.29, 1.82) is 0 Å². The molecular formula is C10H21NO. The molecule has 0 aromatic carbocycles. The fourth-order valence-electron chi connectivity index (χ4n) is 1.19. The molecule has 0 amide bonds. The lowest BCUT2D eigenvalue weighted by Crippen LogP contribution is -2.34. The summed E-state index contributed by atoms with van der Waals surface area (Å²) in [6, 6.07) is 0.621. The number of rotatable bonds is 5. The second-order valence-corrected chi connectivity index (χ2v) is 4.18. The summed E-state index contributed by atoms with van der Waals surface area (Å²) in [5.74, 6) is 0. The molecule has 1 rings (SSSR count). The molecule has 0 N–H and O–H groups in total. The Morgan fingerprint density at radius 1 is 1.33 bits per heavy atom. The number of nitrogens with zero attached hydrogens (tertiary/aromatic N) is 1.